The average Bonchev–Trinajstić information content (AvgIpc) is 3.52. The molecule has 7 nitrogen and oxygen atoms in total. The number of carbonyl (C=O) groups excluding carboxylic acids is 1. The smallest absolute Gasteiger partial charge is 0.326 e. The fourth-order valence-corrected chi connectivity index (χ4v) is 7.75. The number of carbonyl (C=O) groups is 2. The number of methoxy groups -OCH3 is 1. The van der Waals surface area contributed by atoms with Gasteiger partial charge < -0.3 is 24.6 Å². The lowest BCUT2D eigenvalue weighted by Crippen LogP contribution is -2.48. The predicted octanol–water partition coefficient (Wildman–Crippen LogP) is 7.68. The molecule has 1 fully saturated rings. The number of nitrogens with one attached hydrogen (secondary N) is 1. The van der Waals surface area contributed by atoms with Gasteiger partial charge in [0.25, 0.3) is 0 Å². The number of likely N-dealkylation sites (tertiary alicyclic amines) is 1. The molecule has 0 radical (unpaired) electrons. The normalized spacial score (nSPS) is 20.1. The first kappa shape index (κ1) is 34.2. The molecule has 0 aliphatic carbocycles. The molecule has 47 heavy (non-hydrogen) atoms. The molecular weight excluding hydrogens is 586 g/mol. The number of carboxylic acid groups (broad SMARTS) is 1. The molecule has 7 heteroatoms. The number of fused-ring (bicyclic) bond motifs is 1. The highest BCUT2D eigenvalue weighted by atomic mass is 16.5. The summed E-state index contributed by atoms with van der Waals surface area (Å²) in [7, 11) is 1.67. The lowest BCUT2D eigenvalue weighted by atomic mass is 9.72. The highest BCUT2D eigenvalue weighted by Crippen LogP contribution is 2.48. The largest absolute Gasteiger partial charge is 0.496 e. The Hall–Kier alpha value is -4.10. The molecule has 2 N–H and O–H groups in total. The number of benzene rings is 3. The van der Waals surface area contributed by atoms with Crippen LogP contribution in [0.1, 0.15) is 82.5 Å². The first-order valence-electron chi connectivity index (χ1n) is 16.7. The molecule has 250 valence electrons. The standard InChI is InChI=1S/C40H51N3O4/c1-10-42-25(2)30(29-18-14-15-19-31(29)42)23-33(44)43-36(26-16-12-11-13-17-26)35(34(40(6,7)8)37(43)38(45)46)41-24-27-22-28(39(3,4)5)20-21-32(27)47-9/h11-22,34-37,41H,10,23-24H2,1-9H3,(H,45,46)/t34-,35-,36-,37-/m0/s1. The van der Waals surface area contributed by atoms with Crippen LogP contribution in [0.3, 0.4) is 0 Å². The monoisotopic (exact) mass is 637 g/mol. The number of carboxylic acids is 1. The molecule has 5 rings (SSSR count). The van der Waals surface area contributed by atoms with Crippen LogP contribution in [0.4, 0.5) is 0 Å². The average molecular weight is 638 g/mol. The zero-order valence-corrected chi connectivity index (χ0v) is 29.4. The number of rotatable bonds is 9. The molecule has 1 amide bonds. The molecule has 0 unspecified atom stereocenters. The van der Waals surface area contributed by atoms with Crippen molar-refractivity contribution in [2.24, 2.45) is 11.3 Å². The SMILES string of the molecule is CCn1c(C)c(CC(=O)N2[C@H](C(=O)O)[C@@H](C(C)(C)C)[C@H](NCc3cc(C(C)(C)C)ccc3OC)[C@@H]2c2ccccc2)c2ccccc21. The van der Waals surface area contributed by atoms with Crippen molar-refractivity contribution in [1.82, 2.24) is 14.8 Å². The van der Waals surface area contributed by atoms with Gasteiger partial charge in [-0.1, -0.05) is 102 Å². The zero-order valence-electron chi connectivity index (χ0n) is 29.4. The van der Waals surface area contributed by atoms with Crippen LogP contribution in [0.15, 0.2) is 72.8 Å². The van der Waals surface area contributed by atoms with Crippen LogP contribution in [-0.2, 0) is 34.5 Å². The van der Waals surface area contributed by atoms with E-state index in [1.807, 2.05) is 48.5 Å². The third-order valence-corrected chi connectivity index (χ3v) is 10.0. The Balaban J connectivity index is 1.62. The van der Waals surface area contributed by atoms with Crippen LogP contribution in [0.25, 0.3) is 10.9 Å². The third kappa shape index (κ3) is 6.55. The number of hydrogen-bond donors (Lipinski definition) is 2. The molecule has 4 atom stereocenters. The number of ether oxygens (including phenoxy) is 1. The van der Waals surface area contributed by atoms with E-state index >= 15 is 0 Å². The van der Waals surface area contributed by atoms with E-state index in [9.17, 15) is 14.7 Å². The van der Waals surface area contributed by atoms with Crippen molar-refractivity contribution in [2.45, 2.75) is 98.4 Å². The van der Waals surface area contributed by atoms with Crippen LogP contribution in [0.5, 0.6) is 5.75 Å². The number of hydrogen-bond acceptors (Lipinski definition) is 4. The lowest BCUT2D eigenvalue weighted by Gasteiger charge is -2.35. The van der Waals surface area contributed by atoms with Gasteiger partial charge in [-0.15, -0.1) is 0 Å². The molecule has 3 aromatic carbocycles. The highest BCUT2D eigenvalue weighted by Gasteiger charge is 2.57. The second-order valence-corrected chi connectivity index (χ2v) is 15.0. The number of aromatic nitrogens is 1. The molecule has 1 aliphatic heterocycles. The van der Waals surface area contributed by atoms with Gasteiger partial charge in [0.1, 0.15) is 11.8 Å². The van der Waals surface area contributed by atoms with Crippen LogP contribution < -0.4 is 10.1 Å². The summed E-state index contributed by atoms with van der Waals surface area (Å²) in [6.45, 7) is 18.2. The molecule has 0 spiro atoms. The first-order valence-corrected chi connectivity index (χ1v) is 16.7. The summed E-state index contributed by atoms with van der Waals surface area (Å²) >= 11 is 0. The van der Waals surface area contributed by atoms with Crippen molar-refractivity contribution < 1.29 is 19.4 Å². The van der Waals surface area contributed by atoms with E-state index < -0.39 is 23.5 Å². The van der Waals surface area contributed by atoms with Gasteiger partial charge in [-0.05, 0) is 53.5 Å². The maximum Gasteiger partial charge on any atom is 0.326 e. The molecule has 4 aromatic rings. The Labute approximate surface area is 279 Å². The summed E-state index contributed by atoms with van der Waals surface area (Å²) < 4.78 is 8.00. The van der Waals surface area contributed by atoms with E-state index in [-0.39, 0.29) is 29.7 Å². The van der Waals surface area contributed by atoms with Crippen LogP contribution in [0.2, 0.25) is 0 Å². The number of aryl methyl sites for hydroxylation is 1. The quantitative estimate of drug-likeness (QED) is 0.197. The van der Waals surface area contributed by atoms with Crippen LogP contribution in [-0.4, -0.2) is 45.6 Å². The first-order chi connectivity index (χ1) is 22.2. The minimum atomic E-state index is -1.02. The van der Waals surface area contributed by atoms with Gasteiger partial charge in [0.15, 0.2) is 0 Å². The van der Waals surface area contributed by atoms with Crippen molar-refractivity contribution in [1.29, 1.82) is 0 Å². The molecule has 1 saturated heterocycles. The minimum absolute atomic E-state index is 0.0501. The van der Waals surface area contributed by atoms with E-state index in [0.717, 1.165) is 45.6 Å². The Bertz CT molecular complexity index is 1750. The van der Waals surface area contributed by atoms with E-state index in [4.69, 9.17) is 4.74 Å². The van der Waals surface area contributed by atoms with Crippen molar-refractivity contribution in [3.63, 3.8) is 0 Å². The fourth-order valence-electron chi connectivity index (χ4n) is 7.75. The zero-order chi connectivity index (χ0) is 34.3. The van der Waals surface area contributed by atoms with Gasteiger partial charge in [0.2, 0.25) is 5.91 Å². The Morgan fingerprint density at radius 3 is 2.19 bits per heavy atom. The lowest BCUT2D eigenvalue weighted by molar-refractivity contribution is -0.152. The van der Waals surface area contributed by atoms with Crippen molar-refractivity contribution in [3.05, 3.63) is 101 Å². The fraction of sp³-hybridized carbons (Fsp3) is 0.450. The van der Waals surface area contributed by atoms with Gasteiger partial charge in [0, 0.05) is 47.2 Å². The van der Waals surface area contributed by atoms with Gasteiger partial charge in [-0.25, -0.2) is 4.79 Å². The Kier molecular flexibility index (Phi) is 9.61. The summed E-state index contributed by atoms with van der Waals surface area (Å²) in [4.78, 5) is 29.8. The van der Waals surface area contributed by atoms with Gasteiger partial charge in [-0.2, -0.15) is 0 Å². The second kappa shape index (κ2) is 13.2. The van der Waals surface area contributed by atoms with Crippen molar-refractivity contribution in [3.8, 4) is 5.75 Å². The highest BCUT2D eigenvalue weighted by molar-refractivity contribution is 5.93. The van der Waals surface area contributed by atoms with Gasteiger partial charge >= 0.3 is 5.97 Å². The summed E-state index contributed by atoms with van der Waals surface area (Å²) in [5.41, 5.74) is 5.70. The summed E-state index contributed by atoms with van der Waals surface area (Å²) in [5, 5.41) is 15.8. The third-order valence-electron chi connectivity index (χ3n) is 10.0. The Morgan fingerprint density at radius 1 is 0.936 bits per heavy atom. The summed E-state index contributed by atoms with van der Waals surface area (Å²) in [5.74, 6) is -0.774. The molecule has 2 heterocycles. The second-order valence-electron chi connectivity index (χ2n) is 15.0. The maximum absolute atomic E-state index is 14.8. The van der Waals surface area contributed by atoms with Crippen molar-refractivity contribution >= 4 is 22.8 Å². The molecule has 1 aliphatic rings. The summed E-state index contributed by atoms with van der Waals surface area (Å²) in [6.07, 6.45) is 0.123. The van der Waals surface area contributed by atoms with E-state index in [0.29, 0.717) is 6.54 Å². The number of nitrogens with zero attached hydrogens (tertiary/aromatic N) is 2. The molecular formula is C40H51N3O4. The Morgan fingerprint density at radius 2 is 1.60 bits per heavy atom. The topological polar surface area (TPSA) is 83.8 Å². The van der Waals surface area contributed by atoms with E-state index in [1.165, 1.54) is 5.56 Å². The molecule has 1 aromatic heterocycles. The van der Waals surface area contributed by atoms with E-state index in [1.54, 1.807) is 12.0 Å². The van der Waals surface area contributed by atoms with Gasteiger partial charge in [0.05, 0.1) is 19.6 Å². The number of amides is 1. The number of aliphatic carboxylic acids is 1. The summed E-state index contributed by atoms with van der Waals surface area (Å²) in [6, 6.07) is 22.5. The van der Waals surface area contributed by atoms with Crippen molar-refractivity contribution in [2.75, 3.05) is 7.11 Å². The van der Waals surface area contributed by atoms with Gasteiger partial charge in [-0.3, -0.25) is 4.79 Å². The van der Waals surface area contributed by atoms with E-state index in [2.05, 4.69) is 89.5 Å². The molecule has 0 saturated carbocycles. The molecule has 0 bridgehead atoms. The number of para-hydroxylation sites is 1. The predicted molar refractivity (Wildman–Crippen MR) is 189 cm³/mol. The van der Waals surface area contributed by atoms with Crippen LogP contribution >= 0.6 is 0 Å². The minimum Gasteiger partial charge on any atom is -0.496 e. The maximum atomic E-state index is 14.8. The van der Waals surface area contributed by atoms with Crippen LogP contribution in [0, 0.1) is 18.3 Å².